The molecule has 0 aliphatic rings. The number of benzene rings is 2. The summed E-state index contributed by atoms with van der Waals surface area (Å²) in [4.78, 5) is 32.1. The van der Waals surface area contributed by atoms with E-state index in [4.69, 9.17) is 32.5 Å². The molecular formula is C33H35ClFN5O4. The number of rotatable bonds is 10. The van der Waals surface area contributed by atoms with Gasteiger partial charge in [0, 0.05) is 72.1 Å². The maximum absolute atomic E-state index is 13.7. The molecule has 44 heavy (non-hydrogen) atoms. The number of amides is 1. The number of hydrogen-bond donors (Lipinski definition) is 2. The second-order valence-electron chi connectivity index (χ2n) is 10.7. The number of methoxy groups -OCH3 is 1. The molecule has 0 saturated heterocycles. The Morgan fingerprint density at radius 3 is 2.45 bits per heavy atom. The lowest BCUT2D eigenvalue weighted by molar-refractivity contribution is 0.100. The molecule has 11 heteroatoms. The molecular weight excluding hydrogens is 585 g/mol. The van der Waals surface area contributed by atoms with Gasteiger partial charge in [-0.3, -0.25) is 19.6 Å². The number of ether oxygens (including phenoxy) is 2. The highest BCUT2D eigenvalue weighted by Gasteiger charge is 2.14. The lowest BCUT2D eigenvalue weighted by atomic mass is 10.0. The van der Waals surface area contributed by atoms with Gasteiger partial charge >= 0.3 is 0 Å². The molecule has 5 rings (SSSR count). The van der Waals surface area contributed by atoms with E-state index in [1.165, 1.54) is 30.6 Å². The lowest BCUT2D eigenvalue weighted by Gasteiger charge is -2.17. The monoisotopic (exact) mass is 619 g/mol. The van der Waals surface area contributed by atoms with Crippen molar-refractivity contribution in [2.24, 2.45) is 17.4 Å². The van der Waals surface area contributed by atoms with Crippen LogP contribution in [0.25, 0.3) is 32.8 Å². The maximum Gasteiger partial charge on any atom is 0.260 e. The van der Waals surface area contributed by atoms with E-state index >= 15 is 0 Å². The third-order valence-corrected chi connectivity index (χ3v) is 7.15. The van der Waals surface area contributed by atoms with Crippen molar-refractivity contribution in [2.45, 2.75) is 32.9 Å². The molecule has 5 aromatic rings. The summed E-state index contributed by atoms with van der Waals surface area (Å²) >= 11 is 5.66. The van der Waals surface area contributed by atoms with Crippen LogP contribution in [-0.2, 0) is 11.3 Å². The number of pyridine rings is 3. The zero-order valence-corrected chi connectivity index (χ0v) is 25.6. The average molecular weight is 620 g/mol. The molecule has 0 aliphatic heterocycles. The van der Waals surface area contributed by atoms with E-state index in [1.54, 1.807) is 30.1 Å². The van der Waals surface area contributed by atoms with Gasteiger partial charge in [0.25, 0.3) is 11.5 Å². The summed E-state index contributed by atoms with van der Waals surface area (Å²) in [7, 11) is 1.63. The first-order valence-corrected chi connectivity index (χ1v) is 14.4. The smallest absolute Gasteiger partial charge is 0.260 e. The van der Waals surface area contributed by atoms with E-state index in [0.29, 0.717) is 47.4 Å². The number of fused-ring (bicyclic) bond motifs is 3. The first-order chi connectivity index (χ1) is 21.1. The molecule has 0 aliphatic carbocycles. The van der Waals surface area contributed by atoms with Crippen LogP contribution in [0.15, 0.2) is 78.1 Å². The molecule has 0 radical (unpaired) electrons. The molecule has 3 aromatic heterocycles. The van der Waals surface area contributed by atoms with Crippen LogP contribution in [0.3, 0.4) is 0 Å². The molecule has 1 atom stereocenters. The van der Waals surface area contributed by atoms with Gasteiger partial charge in [-0.1, -0.05) is 25.4 Å². The van der Waals surface area contributed by atoms with Crippen molar-refractivity contribution in [3.05, 3.63) is 100 Å². The predicted octanol–water partition coefficient (Wildman–Crippen LogP) is 5.59. The van der Waals surface area contributed by atoms with Gasteiger partial charge in [0.2, 0.25) is 0 Å². The Hall–Kier alpha value is -4.38. The van der Waals surface area contributed by atoms with E-state index in [-0.39, 0.29) is 22.7 Å². The Balaban J connectivity index is 0.000000223. The topological polar surface area (TPSA) is 135 Å². The maximum atomic E-state index is 13.7. The Bertz CT molecular complexity index is 1830. The molecule has 0 fully saturated rings. The summed E-state index contributed by atoms with van der Waals surface area (Å²) < 4.78 is 26.5. The third-order valence-electron chi connectivity index (χ3n) is 6.91. The number of aromatic nitrogens is 3. The highest BCUT2D eigenvalue weighted by atomic mass is 35.5. The van der Waals surface area contributed by atoms with Gasteiger partial charge in [-0.25, -0.2) is 4.39 Å². The summed E-state index contributed by atoms with van der Waals surface area (Å²) in [5, 5.41) is 2.78. The number of carbonyl (C=O) groups is 1. The van der Waals surface area contributed by atoms with E-state index in [0.717, 1.165) is 22.7 Å². The second-order valence-corrected chi connectivity index (χ2v) is 11.1. The zero-order valence-electron chi connectivity index (χ0n) is 24.8. The Kier molecular flexibility index (Phi) is 11.0. The molecule has 230 valence electrons. The zero-order chi connectivity index (χ0) is 31.8. The van der Waals surface area contributed by atoms with Gasteiger partial charge in [-0.15, -0.1) is 0 Å². The van der Waals surface area contributed by atoms with Crippen molar-refractivity contribution in [2.75, 3.05) is 20.3 Å². The standard InChI is InChI=1S/C21H27N3O3.C12H8ClFN2O/c1-14(2)10-15(22)13-27-16-4-5-18-17-6-7-23-12-19(17)21(25)24(8-9-26-3)20(18)11-16;13-7-1-2-9(11(14)5-7)8-3-4-16-6-10(8)12(15)17/h4-7,11-12,14-15H,8-10,13,22H2,1-3H3;1-6H,(H2,15,17)/t15-;/m0./s1. The Labute approximate surface area is 259 Å². The molecule has 0 unspecified atom stereocenters. The van der Waals surface area contributed by atoms with Crippen LogP contribution in [-0.4, -0.2) is 46.8 Å². The molecule has 0 bridgehead atoms. The van der Waals surface area contributed by atoms with Gasteiger partial charge in [0.1, 0.15) is 18.2 Å². The number of halogens is 2. The molecule has 3 heterocycles. The minimum Gasteiger partial charge on any atom is -0.492 e. The number of primary amides is 1. The first-order valence-electron chi connectivity index (χ1n) is 14.1. The number of hydrogen-bond acceptors (Lipinski definition) is 7. The summed E-state index contributed by atoms with van der Waals surface area (Å²) in [6.45, 7) is 5.65. The molecule has 0 saturated carbocycles. The summed E-state index contributed by atoms with van der Waals surface area (Å²) in [6.07, 6.45) is 7.01. The fraction of sp³-hybridized carbons (Fsp3) is 0.273. The molecule has 9 nitrogen and oxygen atoms in total. The summed E-state index contributed by atoms with van der Waals surface area (Å²) in [5.74, 6) is 0.0775. The van der Waals surface area contributed by atoms with E-state index < -0.39 is 11.7 Å². The first kappa shape index (κ1) is 32.5. The van der Waals surface area contributed by atoms with Crippen LogP contribution in [0, 0.1) is 11.7 Å². The Morgan fingerprint density at radius 2 is 1.75 bits per heavy atom. The van der Waals surface area contributed by atoms with Crippen LogP contribution in [0.1, 0.15) is 30.6 Å². The molecule has 4 N–H and O–H groups in total. The van der Waals surface area contributed by atoms with Crippen molar-refractivity contribution < 1.29 is 18.7 Å². The number of nitrogens with two attached hydrogens (primary N) is 2. The fourth-order valence-electron chi connectivity index (χ4n) is 4.92. The lowest BCUT2D eigenvalue weighted by Crippen LogP contribution is -2.29. The van der Waals surface area contributed by atoms with Gasteiger partial charge in [-0.2, -0.15) is 0 Å². The van der Waals surface area contributed by atoms with Crippen LogP contribution < -0.4 is 21.8 Å². The highest BCUT2D eigenvalue weighted by Crippen LogP contribution is 2.28. The average Bonchev–Trinajstić information content (AvgIpc) is 3.00. The van der Waals surface area contributed by atoms with Crippen LogP contribution in [0.5, 0.6) is 5.75 Å². The normalized spacial score (nSPS) is 11.8. The quantitative estimate of drug-likeness (QED) is 0.195. The predicted molar refractivity (Wildman–Crippen MR) is 171 cm³/mol. The fourth-order valence-corrected chi connectivity index (χ4v) is 5.08. The van der Waals surface area contributed by atoms with Gasteiger partial charge in [0.05, 0.1) is 23.1 Å². The van der Waals surface area contributed by atoms with Crippen LogP contribution >= 0.6 is 11.6 Å². The van der Waals surface area contributed by atoms with Gasteiger partial charge < -0.3 is 25.5 Å². The largest absolute Gasteiger partial charge is 0.492 e. The molecule has 2 aromatic carbocycles. The summed E-state index contributed by atoms with van der Waals surface area (Å²) in [5.41, 5.74) is 12.9. The Morgan fingerprint density at radius 1 is 1.00 bits per heavy atom. The van der Waals surface area contributed by atoms with E-state index in [1.807, 2.05) is 24.3 Å². The van der Waals surface area contributed by atoms with E-state index in [9.17, 15) is 14.0 Å². The second kappa shape index (κ2) is 14.9. The van der Waals surface area contributed by atoms with Gasteiger partial charge in [-0.05, 0) is 60.2 Å². The molecule has 0 spiro atoms. The third kappa shape index (κ3) is 7.76. The number of carbonyl (C=O) groups excluding carboxylic acids is 1. The van der Waals surface area contributed by atoms with Crippen molar-refractivity contribution in [3.8, 4) is 16.9 Å². The van der Waals surface area contributed by atoms with Crippen LogP contribution in [0.4, 0.5) is 4.39 Å². The van der Waals surface area contributed by atoms with Crippen molar-refractivity contribution in [1.29, 1.82) is 0 Å². The molecule has 1 amide bonds. The van der Waals surface area contributed by atoms with Gasteiger partial charge in [0.15, 0.2) is 0 Å². The van der Waals surface area contributed by atoms with Crippen molar-refractivity contribution in [3.63, 3.8) is 0 Å². The summed E-state index contributed by atoms with van der Waals surface area (Å²) in [6, 6.07) is 13.4. The SMILES string of the molecule is COCCn1c(=O)c2cnccc2c2ccc(OC[C@@H](N)CC(C)C)cc21.NC(=O)c1cnccc1-c1ccc(Cl)cc1F. The minimum atomic E-state index is -0.651. The van der Waals surface area contributed by atoms with Crippen molar-refractivity contribution in [1.82, 2.24) is 14.5 Å². The number of nitrogens with zero attached hydrogens (tertiary/aromatic N) is 3. The van der Waals surface area contributed by atoms with E-state index in [2.05, 4.69) is 23.8 Å². The minimum absolute atomic E-state index is 0.0148. The van der Waals surface area contributed by atoms with Crippen molar-refractivity contribution >= 4 is 39.2 Å². The van der Waals surface area contributed by atoms with Crippen LogP contribution in [0.2, 0.25) is 5.02 Å². The highest BCUT2D eigenvalue weighted by molar-refractivity contribution is 6.30.